The summed E-state index contributed by atoms with van der Waals surface area (Å²) in [5, 5.41) is 2.19. The molecule has 3 unspecified atom stereocenters. The van der Waals surface area contributed by atoms with Crippen molar-refractivity contribution >= 4 is 11.9 Å². The van der Waals surface area contributed by atoms with E-state index in [1.54, 1.807) is 13.0 Å². The molecule has 3 N–H and O–H groups in total. The maximum absolute atomic E-state index is 12.5. The number of nitrogens with two attached hydrogens (primary N) is 1. The SMILES string of the molecule is CCOC(=O)C1=CC(OC(CC)CC)C(N)C(NC(=O)C(F)F)C1. The van der Waals surface area contributed by atoms with E-state index in [1.807, 2.05) is 13.8 Å². The third-order valence-electron chi connectivity index (χ3n) is 3.97. The molecule has 1 aliphatic rings. The molecule has 0 fully saturated rings. The molecule has 0 saturated carbocycles. The van der Waals surface area contributed by atoms with Gasteiger partial charge in [-0.05, 0) is 25.8 Å². The van der Waals surface area contributed by atoms with Crippen LogP contribution >= 0.6 is 0 Å². The van der Waals surface area contributed by atoms with Crippen molar-refractivity contribution in [2.45, 2.75) is 70.8 Å². The van der Waals surface area contributed by atoms with E-state index in [0.717, 1.165) is 12.8 Å². The zero-order chi connectivity index (χ0) is 18.3. The van der Waals surface area contributed by atoms with Gasteiger partial charge in [-0.15, -0.1) is 0 Å². The first kappa shape index (κ1) is 20.5. The Balaban J connectivity index is 2.98. The standard InChI is InChI=1S/C16H26F2N2O4/c1-4-10(5-2)24-12-8-9(16(22)23-6-3)7-11(13(12)19)20-15(21)14(17)18/h8,10-14H,4-7,19H2,1-3H3,(H,20,21). The molecule has 24 heavy (non-hydrogen) atoms. The van der Waals surface area contributed by atoms with Crippen molar-refractivity contribution in [1.29, 1.82) is 0 Å². The third kappa shape index (κ3) is 5.52. The second kappa shape index (κ2) is 9.68. The second-order valence-electron chi connectivity index (χ2n) is 5.65. The van der Waals surface area contributed by atoms with Crippen molar-refractivity contribution in [3.05, 3.63) is 11.6 Å². The van der Waals surface area contributed by atoms with E-state index < -0.39 is 36.5 Å². The van der Waals surface area contributed by atoms with E-state index in [1.165, 1.54) is 0 Å². The molecule has 1 aliphatic carbocycles. The molecule has 0 aromatic rings. The van der Waals surface area contributed by atoms with Gasteiger partial charge in [0.25, 0.3) is 5.91 Å². The average molecular weight is 348 g/mol. The number of amides is 1. The molecule has 8 heteroatoms. The summed E-state index contributed by atoms with van der Waals surface area (Å²) in [6.07, 6.45) is -0.788. The van der Waals surface area contributed by atoms with Gasteiger partial charge in [-0.1, -0.05) is 13.8 Å². The van der Waals surface area contributed by atoms with Crippen molar-refractivity contribution in [2.75, 3.05) is 6.61 Å². The Morgan fingerprint density at radius 1 is 1.33 bits per heavy atom. The van der Waals surface area contributed by atoms with Gasteiger partial charge in [0, 0.05) is 12.0 Å². The first-order chi connectivity index (χ1) is 11.3. The quantitative estimate of drug-likeness (QED) is 0.649. The molecular weight excluding hydrogens is 322 g/mol. The fourth-order valence-electron chi connectivity index (χ4n) is 2.58. The molecule has 138 valence electrons. The number of esters is 1. The molecule has 0 bridgehead atoms. The lowest BCUT2D eigenvalue weighted by Gasteiger charge is -2.36. The first-order valence-electron chi connectivity index (χ1n) is 8.21. The van der Waals surface area contributed by atoms with Crippen LogP contribution in [0, 0.1) is 0 Å². The average Bonchev–Trinajstić information content (AvgIpc) is 2.55. The molecule has 3 atom stereocenters. The maximum Gasteiger partial charge on any atom is 0.333 e. The van der Waals surface area contributed by atoms with E-state index in [-0.39, 0.29) is 24.7 Å². The van der Waals surface area contributed by atoms with Crippen LogP contribution in [-0.4, -0.2) is 49.2 Å². The van der Waals surface area contributed by atoms with Gasteiger partial charge in [0.2, 0.25) is 0 Å². The highest BCUT2D eigenvalue weighted by Gasteiger charge is 2.36. The van der Waals surface area contributed by atoms with Crippen molar-refractivity contribution < 1.29 is 27.8 Å². The molecule has 0 radical (unpaired) electrons. The number of carbonyl (C=O) groups excluding carboxylic acids is 2. The summed E-state index contributed by atoms with van der Waals surface area (Å²) >= 11 is 0. The topological polar surface area (TPSA) is 90.7 Å². The summed E-state index contributed by atoms with van der Waals surface area (Å²) < 4.78 is 35.9. The maximum atomic E-state index is 12.5. The van der Waals surface area contributed by atoms with Crippen LogP contribution in [0.3, 0.4) is 0 Å². The van der Waals surface area contributed by atoms with Gasteiger partial charge in [0.15, 0.2) is 0 Å². The number of halogens is 2. The van der Waals surface area contributed by atoms with Gasteiger partial charge in [0.05, 0.1) is 30.9 Å². The van der Waals surface area contributed by atoms with Gasteiger partial charge in [-0.25, -0.2) is 4.79 Å². The number of nitrogens with one attached hydrogen (secondary N) is 1. The highest BCUT2D eigenvalue weighted by molar-refractivity contribution is 5.89. The van der Waals surface area contributed by atoms with Crippen LogP contribution in [0.5, 0.6) is 0 Å². The van der Waals surface area contributed by atoms with E-state index in [2.05, 4.69) is 5.32 Å². The lowest BCUT2D eigenvalue weighted by Crippen LogP contribution is -2.57. The molecule has 0 heterocycles. The number of alkyl halides is 2. The van der Waals surface area contributed by atoms with Crippen molar-refractivity contribution in [3.63, 3.8) is 0 Å². The minimum Gasteiger partial charge on any atom is -0.463 e. The van der Waals surface area contributed by atoms with Crippen LogP contribution in [0.1, 0.15) is 40.0 Å². The Kier molecular flexibility index (Phi) is 8.27. The zero-order valence-electron chi connectivity index (χ0n) is 14.3. The third-order valence-corrected chi connectivity index (χ3v) is 3.97. The highest BCUT2D eigenvalue weighted by atomic mass is 19.3. The minimum atomic E-state index is -3.15. The Morgan fingerprint density at radius 3 is 2.46 bits per heavy atom. The highest BCUT2D eigenvalue weighted by Crippen LogP contribution is 2.24. The number of rotatable bonds is 8. The predicted octanol–water partition coefficient (Wildman–Crippen LogP) is 1.53. The van der Waals surface area contributed by atoms with Gasteiger partial charge in [-0.3, -0.25) is 4.79 Å². The van der Waals surface area contributed by atoms with Gasteiger partial charge in [0.1, 0.15) is 0 Å². The van der Waals surface area contributed by atoms with Crippen molar-refractivity contribution in [1.82, 2.24) is 5.32 Å². The summed E-state index contributed by atoms with van der Waals surface area (Å²) in [6, 6.07) is -1.55. The Hall–Kier alpha value is -1.54. The number of hydrogen-bond donors (Lipinski definition) is 2. The zero-order valence-corrected chi connectivity index (χ0v) is 14.3. The van der Waals surface area contributed by atoms with Crippen LogP contribution in [0.2, 0.25) is 0 Å². The van der Waals surface area contributed by atoms with Crippen LogP contribution in [0.4, 0.5) is 8.78 Å². The smallest absolute Gasteiger partial charge is 0.333 e. The summed E-state index contributed by atoms with van der Waals surface area (Å²) in [5.41, 5.74) is 6.36. The lowest BCUT2D eigenvalue weighted by atomic mass is 9.88. The van der Waals surface area contributed by atoms with E-state index >= 15 is 0 Å². The number of carbonyl (C=O) groups is 2. The van der Waals surface area contributed by atoms with Crippen LogP contribution in [-0.2, 0) is 19.1 Å². The Morgan fingerprint density at radius 2 is 1.96 bits per heavy atom. The summed E-state index contributed by atoms with van der Waals surface area (Å²) in [7, 11) is 0. The largest absolute Gasteiger partial charge is 0.463 e. The number of ether oxygens (including phenoxy) is 2. The molecule has 0 spiro atoms. The Labute approximate surface area is 140 Å². The van der Waals surface area contributed by atoms with Gasteiger partial charge in [-0.2, -0.15) is 8.78 Å². The second-order valence-corrected chi connectivity index (χ2v) is 5.65. The molecule has 0 aromatic carbocycles. The van der Waals surface area contributed by atoms with Gasteiger partial charge < -0.3 is 20.5 Å². The lowest BCUT2D eigenvalue weighted by molar-refractivity contribution is -0.139. The normalized spacial score (nSPS) is 24.0. The van der Waals surface area contributed by atoms with E-state index in [4.69, 9.17) is 15.2 Å². The molecule has 1 rings (SSSR count). The summed E-state index contributed by atoms with van der Waals surface area (Å²) in [4.78, 5) is 23.3. The Bertz CT molecular complexity index is 467. The van der Waals surface area contributed by atoms with Crippen LogP contribution in [0.25, 0.3) is 0 Å². The first-order valence-corrected chi connectivity index (χ1v) is 8.21. The van der Waals surface area contributed by atoms with Crippen LogP contribution < -0.4 is 11.1 Å². The monoisotopic (exact) mass is 348 g/mol. The molecule has 1 amide bonds. The fraction of sp³-hybridized carbons (Fsp3) is 0.750. The van der Waals surface area contributed by atoms with Crippen molar-refractivity contribution in [3.8, 4) is 0 Å². The van der Waals surface area contributed by atoms with E-state index in [9.17, 15) is 18.4 Å². The molecule has 6 nitrogen and oxygen atoms in total. The molecule has 0 saturated heterocycles. The fourth-order valence-corrected chi connectivity index (χ4v) is 2.58. The summed E-state index contributed by atoms with van der Waals surface area (Å²) in [6.45, 7) is 5.76. The minimum absolute atomic E-state index is 0.0290. The molecular formula is C16H26F2N2O4. The number of hydrogen-bond acceptors (Lipinski definition) is 5. The van der Waals surface area contributed by atoms with Gasteiger partial charge >= 0.3 is 12.4 Å². The predicted molar refractivity (Wildman–Crippen MR) is 84.5 cm³/mol. The molecule has 0 aromatic heterocycles. The van der Waals surface area contributed by atoms with E-state index in [0.29, 0.717) is 0 Å². The van der Waals surface area contributed by atoms with Crippen LogP contribution in [0.15, 0.2) is 11.6 Å². The summed E-state index contributed by atoms with van der Waals surface area (Å²) in [5.74, 6) is -1.97. The van der Waals surface area contributed by atoms with Crippen molar-refractivity contribution in [2.24, 2.45) is 5.73 Å². The molecule has 0 aliphatic heterocycles.